The van der Waals surface area contributed by atoms with Crippen molar-refractivity contribution in [1.29, 1.82) is 0 Å². The predicted octanol–water partition coefficient (Wildman–Crippen LogP) is -2.14. The van der Waals surface area contributed by atoms with Crippen LogP contribution in [-0.2, 0) is 0 Å². The number of hydrogen-bond acceptors (Lipinski definition) is 0. The Hall–Kier alpha value is -0.110. The SMILES string of the molecule is CCCC[NH+]1CCCC1C.[F-]. The van der Waals surface area contributed by atoms with Crippen LogP contribution in [0.25, 0.3) is 0 Å². The fraction of sp³-hybridized carbons (Fsp3) is 1.00. The van der Waals surface area contributed by atoms with Crippen LogP contribution < -0.4 is 9.60 Å². The highest BCUT2D eigenvalue weighted by molar-refractivity contribution is 4.55. The molecule has 0 bridgehead atoms. The van der Waals surface area contributed by atoms with Crippen molar-refractivity contribution in [3.63, 3.8) is 0 Å². The Balaban J connectivity index is 0.000001000. The Morgan fingerprint density at radius 3 is 2.64 bits per heavy atom. The van der Waals surface area contributed by atoms with Gasteiger partial charge < -0.3 is 9.60 Å². The van der Waals surface area contributed by atoms with E-state index in [2.05, 4.69) is 13.8 Å². The fourth-order valence-electron chi connectivity index (χ4n) is 1.86. The molecule has 0 aliphatic carbocycles. The highest BCUT2D eigenvalue weighted by atomic mass is 19.0. The molecule has 0 aromatic rings. The van der Waals surface area contributed by atoms with Crippen LogP contribution in [-0.4, -0.2) is 19.1 Å². The first kappa shape index (κ1) is 10.9. The van der Waals surface area contributed by atoms with Crippen molar-refractivity contribution in [1.82, 2.24) is 0 Å². The summed E-state index contributed by atoms with van der Waals surface area (Å²) in [6, 6.07) is 0.951. The molecule has 0 aromatic carbocycles. The van der Waals surface area contributed by atoms with E-state index in [0.29, 0.717) is 0 Å². The third-order valence-electron chi connectivity index (χ3n) is 2.68. The zero-order valence-corrected chi connectivity index (χ0v) is 7.70. The number of quaternary nitrogens is 1. The van der Waals surface area contributed by atoms with Gasteiger partial charge in [0.25, 0.3) is 0 Å². The highest BCUT2D eigenvalue weighted by Gasteiger charge is 2.22. The van der Waals surface area contributed by atoms with Gasteiger partial charge >= 0.3 is 0 Å². The lowest BCUT2D eigenvalue weighted by Gasteiger charge is -2.17. The Labute approximate surface area is 69.1 Å². The largest absolute Gasteiger partial charge is 1.00 e. The Kier molecular flexibility index (Phi) is 5.47. The second-order valence-electron chi connectivity index (χ2n) is 3.56. The third-order valence-corrected chi connectivity index (χ3v) is 2.68. The summed E-state index contributed by atoms with van der Waals surface area (Å²) in [5.41, 5.74) is 0. The molecule has 1 aliphatic heterocycles. The lowest BCUT2D eigenvalue weighted by molar-refractivity contribution is -0.910. The third kappa shape index (κ3) is 3.19. The van der Waals surface area contributed by atoms with E-state index < -0.39 is 0 Å². The van der Waals surface area contributed by atoms with Crippen LogP contribution in [0, 0.1) is 0 Å². The van der Waals surface area contributed by atoms with Crippen LogP contribution in [0.15, 0.2) is 0 Å². The minimum atomic E-state index is 0. The van der Waals surface area contributed by atoms with E-state index in [9.17, 15) is 0 Å². The summed E-state index contributed by atoms with van der Waals surface area (Å²) < 4.78 is 0. The Morgan fingerprint density at radius 2 is 2.18 bits per heavy atom. The maximum atomic E-state index is 2.39. The van der Waals surface area contributed by atoms with Gasteiger partial charge in [0, 0.05) is 12.8 Å². The summed E-state index contributed by atoms with van der Waals surface area (Å²) in [7, 11) is 0. The molecular weight excluding hydrogens is 141 g/mol. The van der Waals surface area contributed by atoms with Crippen LogP contribution in [0.5, 0.6) is 0 Å². The molecular formula is C9H20FN. The zero-order valence-electron chi connectivity index (χ0n) is 7.70. The lowest BCUT2D eigenvalue weighted by Crippen LogP contribution is -3.13. The minimum Gasteiger partial charge on any atom is -1.00 e. The molecule has 11 heavy (non-hydrogen) atoms. The summed E-state index contributed by atoms with van der Waals surface area (Å²) in [6.45, 7) is 7.51. The number of nitrogens with one attached hydrogen (secondary N) is 1. The van der Waals surface area contributed by atoms with E-state index in [1.807, 2.05) is 4.90 Å². The summed E-state index contributed by atoms with van der Waals surface area (Å²) in [6.07, 6.45) is 5.69. The monoisotopic (exact) mass is 161 g/mol. The molecule has 2 unspecified atom stereocenters. The van der Waals surface area contributed by atoms with E-state index in [1.54, 1.807) is 0 Å². The molecule has 2 atom stereocenters. The lowest BCUT2D eigenvalue weighted by atomic mass is 10.2. The van der Waals surface area contributed by atoms with Crippen molar-refractivity contribution >= 4 is 0 Å². The van der Waals surface area contributed by atoms with Gasteiger partial charge in [-0.15, -0.1) is 0 Å². The number of halogens is 1. The van der Waals surface area contributed by atoms with Gasteiger partial charge in [0.05, 0.1) is 19.1 Å². The van der Waals surface area contributed by atoms with Gasteiger partial charge in [-0.3, -0.25) is 0 Å². The topological polar surface area (TPSA) is 4.44 Å². The average Bonchev–Trinajstić information content (AvgIpc) is 2.31. The summed E-state index contributed by atoms with van der Waals surface area (Å²) >= 11 is 0. The molecule has 1 aliphatic rings. The highest BCUT2D eigenvalue weighted by Crippen LogP contribution is 1.98. The van der Waals surface area contributed by atoms with Crippen molar-refractivity contribution in [3.8, 4) is 0 Å². The van der Waals surface area contributed by atoms with Crippen LogP contribution in [0.3, 0.4) is 0 Å². The molecule has 68 valence electrons. The van der Waals surface area contributed by atoms with Crippen LogP contribution >= 0.6 is 0 Å². The van der Waals surface area contributed by atoms with E-state index in [-0.39, 0.29) is 4.70 Å². The minimum absolute atomic E-state index is 0. The average molecular weight is 161 g/mol. The van der Waals surface area contributed by atoms with Gasteiger partial charge in [0.2, 0.25) is 0 Å². The first-order chi connectivity index (χ1) is 4.84. The molecule has 1 saturated heterocycles. The number of unbranched alkanes of at least 4 members (excludes halogenated alkanes) is 1. The maximum absolute atomic E-state index is 2.39. The van der Waals surface area contributed by atoms with Crippen LogP contribution in [0.4, 0.5) is 0 Å². The normalized spacial score (nSPS) is 30.0. The summed E-state index contributed by atoms with van der Waals surface area (Å²) in [5, 5.41) is 0. The molecule has 2 heteroatoms. The maximum Gasteiger partial charge on any atom is 0.0848 e. The fourth-order valence-corrected chi connectivity index (χ4v) is 1.86. The van der Waals surface area contributed by atoms with Gasteiger partial charge in [-0.25, -0.2) is 0 Å². The Morgan fingerprint density at radius 1 is 1.45 bits per heavy atom. The van der Waals surface area contributed by atoms with Crippen molar-refractivity contribution in [3.05, 3.63) is 0 Å². The molecule has 0 radical (unpaired) electrons. The summed E-state index contributed by atoms with van der Waals surface area (Å²) in [5.74, 6) is 0. The second kappa shape index (κ2) is 5.53. The summed E-state index contributed by atoms with van der Waals surface area (Å²) in [4.78, 5) is 1.85. The smallest absolute Gasteiger partial charge is 0.0848 e. The van der Waals surface area contributed by atoms with E-state index in [0.717, 1.165) is 6.04 Å². The van der Waals surface area contributed by atoms with E-state index >= 15 is 0 Å². The van der Waals surface area contributed by atoms with Crippen molar-refractivity contribution in [2.24, 2.45) is 0 Å². The van der Waals surface area contributed by atoms with Gasteiger partial charge in [-0.2, -0.15) is 0 Å². The van der Waals surface area contributed by atoms with Crippen LogP contribution in [0.1, 0.15) is 39.5 Å². The number of hydrogen-bond donors (Lipinski definition) is 1. The molecule has 1 nitrogen and oxygen atoms in total. The molecule has 1 N–H and O–H groups in total. The molecule has 0 saturated carbocycles. The van der Waals surface area contributed by atoms with Crippen molar-refractivity contribution in [2.75, 3.05) is 13.1 Å². The Bertz CT molecular complexity index is 95.6. The molecule has 1 heterocycles. The standard InChI is InChI=1S/C9H19N.FH/c1-3-4-7-10-8-5-6-9(10)2;/h9H,3-8H2,1-2H3;1H. The number of likely N-dealkylation sites (tertiary alicyclic amines) is 1. The zero-order chi connectivity index (χ0) is 7.40. The molecule has 0 amide bonds. The first-order valence-electron chi connectivity index (χ1n) is 4.69. The van der Waals surface area contributed by atoms with E-state index in [4.69, 9.17) is 0 Å². The van der Waals surface area contributed by atoms with Gasteiger partial charge in [0.1, 0.15) is 0 Å². The molecule has 1 fully saturated rings. The predicted molar refractivity (Wildman–Crippen MR) is 44.3 cm³/mol. The first-order valence-corrected chi connectivity index (χ1v) is 4.69. The molecule has 0 aromatic heterocycles. The van der Waals surface area contributed by atoms with Crippen molar-refractivity contribution in [2.45, 2.75) is 45.6 Å². The van der Waals surface area contributed by atoms with Gasteiger partial charge in [0.15, 0.2) is 0 Å². The quantitative estimate of drug-likeness (QED) is 0.482. The molecule has 0 spiro atoms. The van der Waals surface area contributed by atoms with Crippen molar-refractivity contribution < 1.29 is 9.60 Å². The van der Waals surface area contributed by atoms with E-state index in [1.165, 1.54) is 38.8 Å². The number of rotatable bonds is 3. The van der Waals surface area contributed by atoms with Gasteiger partial charge in [-0.05, 0) is 13.3 Å². The second-order valence-corrected chi connectivity index (χ2v) is 3.56. The van der Waals surface area contributed by atoms with Gasteiger partial charge in [-0.1, -0.05) is 13.3 Å². The molecule has 1 rings (SSSR count). The van der Waals surface area contributed by atoms with Crippen LogP contribution in [0.2, 0.25) is 0 Å².